The summed E-state index contributed by atoms with van der Waals surface area (Å²) in [5.41, 5.74) is -1.23. The Morgan fingerprint density at radius 3 is 2.53 bits per heavy atom. The van der Waals surface area contributed by atoms with Crippen LogP contribution in [-0.2, 0) is 28.6 Å². The van der Waals surface area contributed by atoms with E-state index >= 15 is 0 Å². The summed E-state index contributed by atoms with van der Waals surface area (Å²) in [6.07, 6.45) is -2.50. The number of nitrogens with zero attached hydrogens (tertiary/aromatic N) is 3. The first kappa shape index (κ1) is 24.0. The molecule has 1 fully saturated rings. The van der Waals surface area contributed by atoms with E-state index in [1.54, 1.807) is 24.3 Å². The lowest BCUT2D eigenvalue weighted by Crippen LogP contribution is -2.53. The van der Waals surface area contributed by atoms with Crippen LogP contribution in [0.25, 0.3) is 6.08 Å². The summed E-state index contributed by atoms with van der Waals surface area (Å²) in [6.45, 7) is 3.51. The monoisotopic (exact) mass is 500 g/mol. The third kappa shape index (κ3) is 5.05. The lowest BCUT2D eigenvalue weighted by atomic mass is 10.1. The number of rotatable bonds is 6. The Morgan fingerprint density at radius 2 is 1.94 bits per heavy atom. The molecule has 168 valence electrons. The minimum atomic E-state index is -4.80. The molecule has 0 atom stereocenters. The maximum Gasteiger partial charge on any atom is 0.435 e. The molecule has 1 aliphatic rings. The number of hydrogen-bond acceptors (Lipinski definition) is 5. The standard InChI is InChI=1S/C20H16ClF3N4O2S2/c1-3-8-28-17(30)14(16(29)25-19(28)31)9-13-15(20(22,23)24)26-27(2)18(13)32-10-11-4-6-12(21)7-5-11/h3-7,9H,1,8,10H2,2H3,(H,25,29,31). The second-order valence-corrected chi connectivity index (χ2v) is 8.41. The summed E-state index contributed by atoms with van der Waals surface area (Å²) in [5.74, 6) is -1.38. The predicted molar refractivity (Wildman–Crippen MR) is 120 cm³/mol. The SMILES string of the molecule is C=CCN1C(=O)C(=Cc2c(C(F)(F)F)nn(C)c2SCc2ccc(Cl)cc2)C(=O)NC1=S. The summed E-state index contributed by atoms with van der Waals surface area (Å²) in [4.78, 5) is 26.2. The Bertz CT molecular complexity index is 1130. The Labute approximate surface area is 196 Å². The second kappa shape index (κ2) is 9.47. The smallest absolute Gasteiger partial charge is 0.298 e. The van der Waals surface area contributed by atoms with E-state index < -0.39 is 29.3 Å². The summed E-state index contributed by atoms with van der Waals surface area (Å²) < 4.78 is 42.2. The third-order valence-corrected chi connectivity index (χ3v) is 6.18. The van der Waals surface area contributed by atoms with Crippen molar-refractivity contribution in [2.45, 2.75) is 17.0 Å². The summed E-state index contributed by atoms with van der Waals surface area (Å²) in [6, 6.07) is 6.85. The van der Waals surface area contributed by atoms with Gasteiger partial charge in [0.1, 0.15) is 10.6 Å². The van der Waals surface area contributed by atoms with Crippen molar-refractivity contribution in [1.29, 1.82) is 0 Å². The van der Waals surface area contributed by atoms with E-state index in [0.717, 1.165) is 33.0 Å². The third-order valence-electron chi connectivity index (χ3n) is 4.37. The van der Waals surface area contributed by atoms with Crippen LogP contribution in [0.4, 0.5) is 13.2 Å². The first-order valence-corrected chi connectivity index (χ1v) is 10.8. The molecule has 0 radical (unpaired) electrons. The van der Waals surface area contributed by atoms with Gasteiger partial charge in [-0.3, -0.25) is 24.5 Å². The molecule has 32 heavy (non-hydrogen) atoms. The first-order chi connectivity index (χ1) is 15.0. The van der Waals surface area contributed by atoms with Crippen LogP contribution in [0.3, 0.4) is 0 Å². The summed E-state index contributed by atoms with van der Waals surface area (Å²) in [5, 5.41) is 6.45. The number of alkyl halides is 3. The summed E-state index contributed by atoms with van der Waals surface area (Å²) >= 11 is 11.9. The number of thioether (sulfide) groups is 1. The zero-order valence-electron chi connectivity index (χ0n) is 16.6. The van der Waals surface area contributed by atoms with Gasteiger partial charge in [-0.1, -0.05) is 29.8 Å². The van der Waals surface area contributed by atoms with Gasteiger partial charge in [0.05, 0.1) is 0 Å². The number of nitrogens with one attached hydrogen (secondary N) is 1. The average molecular weight is 501 g/mol. The number of benzene rings is 1. The van der Waals surface area contributed by atoms with Crippen molar-refractivity contribution < 1.29 is 22.8 Å². The van der Waals surface area contributed by atoms with Gasteiger partial charge < -0.3 is 0 Å². The molecule has 0 bridgehead atoms. The molecule has 0 unspecified atom stereocenters. The van der Waals surface area contributed by atoms with E-state index in [1.807, 2.05) is 0 Å². The molecule has 0 spiro atoms. The largest absolute Gasteiger partial charge is 0.435 e. The highest BCUT2D eigenvalue weighted by Gasteiger charge is 2.40. The maximum atomic E-state index is 13.7. The second-order valence-electron chi connectivity index (χ2n) is 6.63. The molecule has 12 heteroatoms. The molecule has 1 N–H and O–H groups in total. The van der Waals surface area contributed by atoms with Gasteiger partial charge in [-0.05, 0) is 36.0 Å². The van der Waals surface area contributed by atoms with Gasteiger partial charge in [0.15, 0.2) is 10.8 Å². The van der Waals surface area contributed by atoms with Crippen molar-refractivity contribution in [3.8, 4) is 0 Å². The molecule has 0 saturated carbocycles. The van der Waals surface area contributed by atoms with Crippen molar-refractivity contribution >= 4 is 58.6 Å². The molecule has 1 aromatic carbocycles. The highest BCUT2D eigenvalue weighted by Crippen LogP contribution is 2.38. The Hall–Kier alpha value is -2.63. The zero-order valence-corrected chi connectivity index (χ0v) is 19.0. The van der Waals surface area contributed by atoms with Crippen molar-refractivity contribution in [1.82, 2.24) is 20.0 Å². The lowest BCUT2D eigenvalue weighted by molar-refractivity contribution is -0.141. The first-order valence-electron chi connectivity index (χ1n) is 9.04. The fraction of sp³-hybridized carbons (Fsp3) is 0.200. The topological polar surface area (TPSA) is 67.2 Å². The minimum Gasteiger partial charge on any atom is -0.298 e. The van der Waals surface area contributed by atoms with Crippen molar-refractivity contribution in [2.24, 2.45) is 7.05 Å². The van der Waals surface area contributed by atoms with E-state index in [0.29, 0.717) is 10.8 Å². The van der Waals surface area contributed by atoms with E-state index in [9.17, 15) is 22.8 Å². The minimum absolute atomic E-state index is 0.00731. The highest BCUT2D eigenvalue weighted by atomic mass is 35.5. The van der Waals surface area contributed by atoms with Crippen LogP contribution in [0, 0.1) is 0 Å². The van der Waals surface area contributed by atoms with Gasteiger partial charge in [0.2, 0.25) is 0 Å². The molecule has 3 rings (SSSR count). The fourth-order valence-electron chi connectivity index (χ4n) is 2.90. The molecule has 0 aliphatic carbocycles. The van der Waals surface area contributed by atoms with Crippen LogP contribution in [0.5, 0.6) is 0 Å². The fourth-order valence-corrected chi connectivity index (χ4v) is 4.31. The van der Waals surface area contributed by atoms with E-state index in [2.05, 4.69) is 17.0 Å². The Balaban J connectivity index is 2.05. The molecule has 1 saturated heterocycles. The van der Waals surface area contributed by atoms with E-state index in [-0.39, 0.29) is 22.2 Å². The molecule has 2 heterocycles. The van der Waals surface area contributed by atoms with Crippen LogP contribution < -0.4 is 5.32 Å². The maximum absolute atomic E-state index is 13.7. The van der Waals surface area contributed by atoms with Crippen molar-refractivity contribution in [2.75, 3.05) is 6.54 Å². The Kier molecular flexibility index (Phi) is 7.11. The van der Waals surface area contributed by atoms with Crippen LogP contribution in [0.2, 0.25) is 5.02 Å². The molecule has 2 amide bonds. The normalized spacial score (nSPS) is 16.0. The number of aryl methyl sites for hydroxylation is 1. The number of thiocarbonyl (C=S) groups is 1. The Morgan fingerprint density at radius 1 is 1.28 bits per heavy atom. The van der Waals surface area contributed by atoms with E-state index in [4.69, 9.17) is 23.8 Å². The van der Waals surface area contributed by atoms with Crippen molar-refractivity contribution in [3.63, 3.8) is 0 Å². The molecule has 6 nitrogen and oxygen atoms in total. The van der Waals surface area contributed by atoms with E-state index in [1.165, 1.54) is 13.1 Å². The molecular formula is C20H16ClF3N4O2S2. The molecule has 2 aromatic rings. The molecular weight excluding hydrogens is 485 g/mol. The zero-order chi connectivity index (χ0) is 23.6. The van der Waals surface area contributed by atoms with Gasteiger partial charge in [0, 0.05) is 29.9 Å². The predicted octanol–water partition coefficient (Wildman–Crippen LogP) is 4.20. The molecule has 1 aromatic heterocycles. The van der Waals surface area contributed by atoms with Gasteiger partial charge in [-0.25, -0.2) is 0 Å². The highest BCUT2D eigenvalue weighted by molar-refractivity contribution is 7.98. The van der Waals surface area contributed by atoms with Gasteiger partial charge in [-0.2, -0.15) is 18.3 Å². The number of carbonyl (C=O) groups is 2. The number of aromatic nitrogens is 2. The van der Waals surface area contributed by atoms with Gasteiger partial charge in [-0.15, -0.1) is 18.3 Å². The average Bonchev–Trinajstić information content (AvgIpc) is 3.03. The van der Waals surface area contributed by atoms with Crippen LogP contribution in [0.15, 0.2) is 47.5 Å². The van der Waals surface area contributed by atoms with Crippen LogP contribution in [-0.4, -0.2) is 38.2 Å². The number of hydrogen-bond donors (Lipinski definition) is 1. The molecule has 1 aliphatic heterocycles. The number of halogens is 4. The summed E-state index contributed by atoms with van der Waals surface area (Å²) in [7, 11) is 1.36. The van der Waals surface area contributed by atoms with Crippen LogP contribution in [0.1, 0.15) is 16.8 Å². The van der Waals surface area contributed by atoms with Gasteiger partial charge >= 0.3 is 6.18 Å². The lowest BCUT2D eigenvalue weighted by Gasteiger charge is -2.27. The van der Waals surface area contributed by atoms with Crippen molar-refractivity contribution in [3.05, 3.63) is 64.3 Å². The quantitative estimate of drug-likeness (QED) is 0.212. The van der Waals surface area contributed by atoms with Crippen LogP contribution >= 0.6 is 35.6 Å². The van der Waals surface area contributed by atoms with Gasteiger partial charge in [0.25, 0.3) is 11.8 Å². The number of carbonyl (C=O) groups excluding carboxylic acids is 2. The number of amides is 2.